The summed E-state index contributed by atoms with van der Waals surface area (Å²) in [4.78, 5) is 12.2. The van der Waals surface area contributed by atoms with Crippen molar-refractivity contribution in [2.24, 2.45) is 0 Å². The van der Waals surface area contributed by atoms with Crippen LogP contribution in [0.25, 0.3) is 0 Å². The summed E-state index contributed by atoms with van der Waals surface area (Å²) in [5.74, 6) is -1.25. The molecule has 0 fully saturated rings. The molecule has 0 saturated carbocycles. The number of carbonyl (C=O) groups is 1. The number of benzene rings is 2. The third-order valence-corrected chi connectivity index (χ3v) is 3.45. The quantitative estimate of drug-likeness (QED) is 0.786. The summed E-state index contributed by atoms with van der Waals surface area (Å²) in [5, 5.41) is 9.48. The number of phenols is 1. The number of carbonyl (C=O) groups excluding carboxylic acids is 1. The minimum absolute atomic E-state index is 0.133. The fourth-order valence-electron chi connectivity index (χ4n) is 1.71. The number of rotatable bonds is 2. The molecule has 0 unspecified atom stereocenters. The number of nitrogens with zero attached hydrogens (tertiary/aromatic N) is 1. The summed E-state index contributed by atoms with van der Waals surface area (Å²) in [7, 11) is 0. The standard InChI is InChI=1S/C14H8Cl2F3NO2/c15-10-6-5-8(14(17,18)19)7-11(10)20(16)13(22)9-3-1-2-4-12(9)21/h1-7,21H. The van der Waals surface area contributed by atoms with Gasteiger partial charge < -0.3 is 5.11 Å². The first-order valence-corrected chi connectivity index (χ1v) is 6.58. The maximum Gasteiger partial charge on any atom is 0.416 e. The number of halogens is 5. The highest BCUT2D eigenvalue weighted by atomic mass is 35.5. The van der Waals surface area contributed by atoms with Crippen molar-refractivity contribution in [2.75, 3.05) is 4.42 Å². The lowest BCUT2D eigenvalue weighted by atomic mass is 10.1. The summed E-state index contributed by atoms with van der Waals surface area (Å²) in [6.45, 7) is 0. The lowest BCUT2D eigenvalue weighted by molar-refractivity contribution is -0.137. The normalized spacial score (nSPS) is 11.3. The van der Waals surface area contributed by atoms with E-state index in [1.54, 1.807) is 0 Å². The molecule has 2 aromatic rings. The fourth-order valence-corrected chi connectivity index (χ4v) is 2.19. The molecule has 2 aromatic carbocycles. The molecule has 8 heteroatoms. The van der Waals surface area contributed by atoms with Crippen LogP contribution < -0.4 is 4.42 Å². The van der Waals surface area contributed by atoms with E-state index in [9.17, 15) is 23.1 Å². The minimum atomic E-state index is -4.60. The number of hydrogen-bond donors (Lipinski definition) is 1. The molecule has 3 nitrogen and oxygen atoms in total. The van der Waals surface area contributed by atoms with Crippen LogP contribution in [0, 0.1) is 0 Å². The molecule has 0 aliphatic rings. The number of anilines is 1. The highest BCUT2D eigenvalue weighted by Crippen LogP contribution is 2.37. The zero-order valence-electron chi connectivity index (χ0n) is 10.7. The van der Waals surface area contributed by atoms with E-state index in [1.165, 1.54) is 24.3 Å². The van der Waals surface area contributed by atoms with E-state index in [0.29, 0.717) is 10.5 Å². The van der Waals surface area contributed by atoms with Crippen LogP contribution in [-0.2, 0) is 6.18 Å². The number of aromatic hydroxyl groups is 1. The predicted octanol–water partition coefficient (Wildman–Crippen LogP) is 4.87. The SMILES string of the molecule is O=C(c1ccccc1O)N(Cl)c1cc(C(F)(F)F)ccc1Cl. The van der Waals surface area contributed by atoms with Crippen LogP contribution in [0.4, 0.5) is 18.9 Å². The molecule has 0 aromatic heterocycles. The molecule has 0 spiro atoms. The summed E-state index contributed by atoms with van der Waals surface area (Å²) in [6, 6.07) is 7.94. The molecule has 0 bridgehead atoms. The molecule has 0 saturated heterocycles. The van der Waals surface area contributed by atoms with Crippen molar-refractivity contribution in [1.82, 2.24) is 0 Å². The van der Waals surface area contributed by atoms with Gasteiger partial charge in [0.05, 0.1) is 21.8 Å². The second-order valence-electron chi connectivity index (χ2n) is 4.27. The molecular formula is C14H8Cl2F3NO2. The lowest BCUT2D eigenvalue weighted by Crippen LogP contribution is -2.21. The third-order valence-electron chi connectivity index (χ3n) is 2.80. The average molecular weight is 350 g/mol. The fraction of sp³-hybridized carbons (Fsp3) is 0.0714. The Morgan fingerprint density at radius 2 is 1.77 bits per heavy atom. The summed E-state index contributed by atoms with van der Waals surface area (Å²) in [6.07, 6.45) is -4.60. The van der Waals surface area contributed by atoms with Crippen LogP contribution >= 0.6 is 23.4 Å². The smallest absolute Gasteiger partial charge is 0.416 e. The van der Waals surface area contributed by atoms with Crippen molar-refractivity contribution in [1.29, 1.82) is 0 Å². The summed E-state index contributed by atoms with van der Waals surface area (Å²) >= 11 is 11.6. The van der Waals surface area contributed by atoms with Gasteiger partial charge in [0, 0.05) is 11.8 Å². The molecule has 0 aliphatic carbocycles. The van der Waals surface area contributed by atoms with E-state index in [0.717, 1.165) is 12.1 Å². The van der Waals surface area contributed by atoms with E-state index >= 15 is 0 Å². The van der Waals surface area contributed by atoms with Crippen molar-refractivity contribution in [3.05, 3.63) is 58.6 Å². The van der Waals surface area contributed by atoms with Crippen LogP contribution in [0.1, 0.15) is 15.9 Å². The Hall–Kier alpha value is -1.92. The van der Waals surface area contributed by atoms with Crippen LogP contribution in [0.3, 0.4) is 0 Å². The molecule has 0 heterocycles. The van der Waals surface area contributed by atoms with Crippen molar-refractivity contribution < 1.29 is 23.1 Å². The molecule has 116 valence electrons. The Bertz CT molecular complexity index is 719. The molecular weight excluding hydrogens is 342 g/mol. The van der Waals surface area contributed by atoms with Crippen LogP contribution in [0.15, 0.2) is 42.5 Å². The molecule has 0 aliphatic heterocycles. The van der Waals surface area contributed by atoms with Crippen molar-refractivity contribution in [3.8, 4) is 5.75 Å². The van der Waals surface area contributed by atoms with Crippen LogP contribution in [-0.4, -0.2) is 11.0 Å². The predicted molar refractivity (Wildman–Crippen MR) is 77.2 cm³/mol. The summed E-state index contributed by atoms with van der Waals surface area (Å²) in [5.41, 5.74) is -1.49. The highest BCUT2D eigenvalue weighted by molar-refractivity contribution is 6.43. The van der Waals surface area contributed by atoms with Gasteiger partial charge in [0.25, 0.3) is 5.91 Å². The first kappa shape index (κ1) is 16.5. The number of para-hydroxylation sites is 1. The Morgan fingerprint density at radius 1 is 1.14 bits per heavy atom. The lowest BCUT2D eigenvalue weighted by Gasteiger charge is -2.18. The van der Waals surface area contributed by atoms with Gasteiger partial charge in [0.15, 0.2) is 0 Å². The average Bonchev–Trinajstić information content (AvgIpc) is 2.45. The molecule has 0 radical (unpaired) electrons. The minimum Gasteiger partial charge on any atom is -0.507 e. The van der Waals surface area contributed by atoms with Crippen molar-refractivity contribution in [2.45, 2.75) is 6.18 Å². The largest absolute Gasteiger partial charge is 0.507 e. The molecule has 1 N–H and O–H groups in total. The van der Waals surface area contributed by atoms with E-state index < -0.39 is 17.6 Å². The zero-order chi connectivity index (χ0) is 16.5. The molecule has 22 heavy (non-hydrogen) atoms. The van der Waals surface area contributed by atoms with Crippen molar-refractivity contribution >= 4 is 35.0 Å². The first-order chi connectivity index (χ1) is 10.2. The Labute approximate surface area is 133 Å². The molecule has 0 atom stereocenters. The van der Waals surface area contributed by atoms with Gasteiger partial charge in [0.1, 0.15) is 5.75 Å². The van der Waals surface area contributed by atoms with Crippen molar-refractivity contribution in [3.63, 3.8) is 0 Å². The van der Waals surface area contributed by atoms with Gasteiger partial charge in [-0.1, -0.05) is 23.7 Å². The van der Waals surface area contributed by atoms with Gasteiger partial charge in [-0.2, -0.15) is 13.2 Å². The Morgan fingerprint density at radius 3 is 2.36 bits per heavy atom. The van der Waals surface area contributed by atoms with Crippen LogP contribution in [0.2, 0.25) is 5.02 Å². The maximum atomic E-state index is 12.7. The number of phenolic OH excluding ortho intramolecular Hbond substituents is 1. The monoisotopic (exact) mass is 349 g/mol. The van der Waals surface area contributed by atoms with Gasteiger partial charge in [-0.15, -0.1) is 0 Å². The number of hydrogen-bond acceptors (Lipinski definition) is 2. The van der Waals surface area contributed by atoms with E-state index in [4.69, 9.17) is 23.4 Å². The topological polar surface area (TPSA) is 40.5 Å². The second-order valence-corrected chi connectivity index (χ2v) is 5.01. The first-order valence-electron chi connectivity index (χ1n) is 5.87. The van der Waals surface area contributed by atoms with E-state index in [-0.39, 0.29) is 22.0 Å². The van der Waals surface area contributed by atoms with Gasteiger partial charge in [0.2, 0.25) is 0 Å². The maximum absolute atomic E-state index is 12.7. The third kappa shape index (κ3) is 3.28. The van der Waals surface area contributed by atoms with E-state index in [1.807, 2.05) is 0 Å². The van der Waals surface area contributed by atoms with Gasteiger partial charge in [-0.3, -0.25) is 4.79 Å². The molecule has 1 amide bonds. The Kier molecular flexibility index (Phi) is 4.53. The summed E-state index contributed by atoms with van der Waals surface area (Å²) < 4.78 is 38.6. The number of alkyl halides is 3. The molecule has 2 rings (SSSR count). The zero-order valence-corrected chi connectivity index (χ0v) is 12.2. The van der Waals surface area contributed by atoms with Gasteiger partial charge in [-0.25, -0.2) is 4.42 Å². The Balaban J connectivity index is 2.43. The van der Waals surface area contributed by atoms with Gasteiger partial charge >= 0.3 is 6.18 Å². The number of amides is 1. The van der Waals surface area contributed by atoms with Gasteiger partial charge in [-0.05, 0) is 30.3 Å². The highest BCUT2D eigenvalue weighted by Gasteiger charge is 2.32. The second kappa shape index (κ2) is 6.06. The van der Waals surface area contributed by atoms with Crippen LogP contribution in [0.5, 0.6) is 5.75 Å². The van der Waals surface area contributed by atoms with E-state index in [2.05, 4.69) is 0 Å².